The predicted octanol–water partition coefficient (Wildman–Crippen LogP) is 6.35. The van der Waals surface area contributed by atoms with Gasteiger partial charge in [-0.2, -0.15) is 0 Å². The second kappa shape index (κ2) is 11.5. The first-order valence-corrected chi connectivity index (χ1v) is 15.3. The fourth-order valence-electron chi connectivity index (χ4n) is 6.22. The standard InChI is InChI=1S/C31H34NO6P/c1-3-37-39(36,38-4-2)20-27(33)25-17-11-19-32(30(25)31(34)35)26-18-10-16-24-22-14-8-9-15-23(22)28(29(24)26)21-12-6-5-7-13-21/h5-10,12-16,18,25,28,30H,3-4,11,17,19-20H2,1-2H3,(H,34,35)/t25-,28?,30+/m0/s1. The van der Waals surface area contributed by atoms with Crippen molar-refractivity contribution in [3.05, 3.63) is 89.5 Å². The quantitative estimate of drug-likeness (QED) is 0.231. The monoisotopic (exact) mass is 547 g/mol. The highest BCUT2D eigenvalue weighted by molar-refractivity contribution is 7.54. The fourth-order valence-corrected chi connectivity index (χ4v) is 7.88. The predicted molar refractivity (Wildman–Crippen MR) is 151 cm³/mol. The van der Waals surface area contributed by atoms with E-state index in [9.17, 15) is 19.3 Å². The van der Waals surface area contributed by atoms with E-state index in [2.05, 4.69) is 30.3 Å². The number of nitrogens with zero attached hydrogens (tertiary/aromatic N) is 1. The molecule has 1 N–H and O–H groups in total. The Morgan fingerprint density at radius 1 is 0.923 bits per heavy atom. The molecule has 1 saturated heterocycles. The molecule has 3 aromatic rings. The Morgan fingerprint density at radius 3 is 2.28 bits per heavy atom. The number of carbonyl (C=O) groups is 2. The van der Waals surface area contributed by atoms with E-state index in [0.717, 1.165) is 27.9 Å². The van der Waals surface area contributed by atoms with Crippen LogP contribution in [-0.4, -0.2) is 48.8 Å². The number of anilines is 1. The van der Waals surface area contributed by atoms with E-state index in [-0.39, 0.29) is 19.1 Å². The van der Waals surface area contributed by atoms with Crippen LogP contribution in [0.4, 0.5) is 5.69 Å². The summed E-state index contributed by atoms with van der Waals surface area (Å²) in [6, 6.07) is 23.4. The van der Waals surface area contributed by atoms with E-state index in [4.69, 9.17) is 9.05 Å². The van der Waals surface area contributed by atoms with Gasteiger partial charge in [0, 0.05) is 24.1 Å². The topological polar surface area (TPSA) is 93.1 Å². The highest BCUT2D eigenvalue weighted by atomic mass is 31.2. The van der Waals surface area contributed by atoms with Crippen molar-refractivity contribution in [1.82, 2.24) is 0 Å². The Balaban J connectivity index is 1.57. The maximum Gasteiger partial charge on any atom is 0.338 e. The number of hydrogen-bond donors (Lipinski definition) is 1. The summed E-state index contributed by atoms with van der Waals surface area (Å²) >= 11 is 0. The van der Waals surface area contributed by atoms with E-state index >= 15 is 0 Å². The molecule has 204 valence electrons. The molecule has 0 spiro atoms. The number of ketones is 1. The molecule has 1 fully saturated rings. The number of carboxylic acids is 1. The van der Waals surface area contributed by atoms with Crippen LogP contribution in [0.5, 0.6) is 0 Å². The second-order valence-corrected chi connectivity index (χ2v) is 12.0. The zero-order valence-electron chi connectivity index (χ0n) is 22.3. The number of rotatable bonds is 10. The van der Waals surface area contributed by atoms with Crippen molar-refractivity contribution in [2.45, 2.75) is 38.6 Å². The molecule has 0 amide bonds. The van der Waals surface area contributed by atoms with Crippen LogP contribution in [-0.2, 0) is 23.2 Å². The van der Waals surface area contributed by atoms with Gasteiger partial charge in [-0.05, 0) is 60.6 Å². The van der Waals surface area contributed by atoms with E-state index < -0.39 is 37.5 Å². The number of hydrogen-bond acceptors (Lipinski definition) is 6. The molecule has 2 aliphatic rings. The molecule has 1 unspecified atom stereocenters. The molecule has 3 atom stereocenters. The van der Waals surface area contributed by atoms with Gasteiger partial charge < -0.3 is 19.1 Å². The largest absolute Gasteiger partial charge is 0.480 e. The van der Waals surface area contributed by atoms with Gasteiger partial charge in [0.25, 0.3) is 0 Å². The maximum absolute atomic E-state index is 13.5. The normalized spacial score (nSPS) is 20.4. The van der Waals surface area contributed by atoms with E-state index in [0.29, 0.717) is 19.4 Å². The van der Waals surface area contributed by atoms with Gasteiger partial charge in [-0.25, -0.2) is 4.79 Å². The molecule has 0 bridgehead atoms. The third kappa shape index (κ3) is 5.19. The Kier molecular flexibility index (Phi) is 8.03. The summed E-state index contributed by atoms with van der Waals surface area (Å²) in [7, 11) is -3.65. The van der Waals surface area contributed by atoms with Crippen molar-refractivity contribution in [3.8, 4) is 11.1 Å². The maximum atomic E-state index is 13.5. The van der Waals surface area contributed by atoms with Crippen molar-refractivity contribution in [2.24, 2.45) is 5.92 Å². The van der Waals surface area contributed by atoms with Crippen molar-refractivity contribution < 1.29 is 28.3 Å². The minimum atomic E-state index is -3.65. The average Bonchev–Trinajstić information content (AvgIpc) is 3.28. The van der Waals surface area contributed by atoms with Gasteiger partial charge in [0.15, 0.2) is 5.78 Å². The minimum Gasteiger partial charge on any atom is -0.480 e. The first-order valence-electron chi connectivity index (χ1n) is 13.6. The minimum absolute atomic E-state index is 0.0600. The summed E-state index contributed by atoms with van der Waals surface area (Å²) in [5, 5.41) is 10.5. The number of piperidine rings is 1. The zero-order valence-corrected chi connectivity index (χ0v) is 23.2. The molecule has 0 saturated carbocycles. The summed E-state index contributed by atoms with van der Waals surface area (Å²) in [6.45, 7) is 4.16. The molecule has 1 aliphatic heterocycles. The van der Waals surface area contributed by atoms with Gasteiger partial charge >= 0.3 is 13.6 Å². The number of Topliss-reactive ketones (excluding diaryl/α,β-unsaturated/α-hetero) is 1. The number of fused-ring (bicyclic) bond motifs is 3. The van der Waals surface area contributed by atoms with Crippen molar-refractivity contribution in [3.63, 3.8) is 0 Å². The summed E-state index contributed by atoms with van der Waals surface area (Å²) in [6.07, 6.45) is 0.615. The van der Waals surface area contributed by atoms with Gasteiger partial charge in [0.1, 0.15) is 12.2 Å². The highest BCUT2D eigenvalue weighted by Crippen LogP contribution is 2.53. The van der Waals surface area contributed by atoms with Crippen LogP contribution in [0.15, 0.2) is 72.8 Å². The van der Waals surface area contributed by atoms with Crippen molar-refractivity contribution >= 4 is 25.0 Å². The number of carbonyl (C=O) groups excluding carboxylic acids is 1. The second-order valence-electron chi connectivity index (χ2n) is 9.97. The van der Waals surface area contributed by atoms with Gasteiger partial charge in [-0.1, -0.05) is 66.7 Å². The van der Waals surface area contributed by atoms with Gasteiger partial charge in [-0.15, -0.1) is 0 Å². The van der Waals surface area contributed by atoms with Crippen molar-refractivity contribution in [2.75, 3.05) is 30.8 Å². The zero-order chi connectivity index (χ0) is 27.6. The molecule has 0 aromatic heterocycles. The Bertz CT molecular complexity index is 1400. The van der Waals surface area contributed by atoms with Crippen molar-refractivity contribution in [1.29, 1.82) is 0 Å². The lowest BCUT2D eigenvalue weighted by Crippen LogP contribution is -2.53. The van der Waals surface area contributed by atoms with Gasteiger partial charge in [-0.3, -0.25) is 9.36 Å². The first kappa shape index (κ1) is 27.3. The van der Waals surface area contributed by atoms with Crippen LogP contribution in [0, 0.1) is 5.92 Å². The van der Waals surface area contributed by atoms with E-state index in [1.165, 1.54) is 5.56 Å². The molecule has 5 rings (SSSR count). The Hall–Kier alpha value is -3.25. The number of aliphatic carboxylic acids is 1. The summed E-state index contributed by atoms with van der Waals surface area (Å²) in [5.41, 5.74) is 6.39. The van der Waals surface area contributed by atoms with E-state index in [1.54, 1.807) is 13.8 Å². The molecule has 39 heavy (non-hydrogen) atoms. The lowest BCUT2D eigenvalue weighted by Gasteiger charge is -2.41. The SMILES string of the molecule is CCOP(=O)(CC(=O)[C@@H]1CCCN(c2cccc3c2C(c2ccccc2)c2ccccc2-3)[C@H]1C(=O)O)OCC. The molecular formula is C31H34NO6P. The lowest BCUT2D eigenvalue weighted by atomic mass is 9.83. The van der Waals surface area contributed by atoms with Gasteiger partial charge in [0.2, 0.25) is 0 Å². The average molecular weight is 548 g/mol. The lowest BCUT2D eigenvalue weighted by molar-refractivity contribution is -0.143. The first-order chi connectivity index (χ1) is 18.9. The molecule has 8 heteroatoms. The summed E-state index contributed by atoms with van der Waals surface area (Å²) < 4.78 is 23.8. The molecule has 1 heterocycles. The van der Waals surface area contributed by atoms with Crippen LogP contribution in [0.1, 0.15) is 49.3 Å². The molecular weight excluding hydrogens is 513 g/mol. The van der Waals surface area contributed by atoms with Crippen LogP contribution < -0.4 is 4.90 Å². The third-order valence-corrected chi connectivity index (χ3v) is 9.68. The third-order valence-electron chi connectivity index (χ3n) is 7.67. The molecule has 7 nitrogen and oxygen atoms in total. The smallest absolute Gasteiger partial charge is 0.338 e. The van der Waals surface area contributed by atoms with E-state index in [1.807, 2.05) is 47.4 Å². The van der Waals surface area contributed by atoms with Crippen LogP contribution in [0.2, 0.25) is 0 Å². The van der Waals surface area contributed by atoms with Gasteiger partial charge in [0.05, 0.1) is 13.2 Å². The summed E-state index contributed by atoms with van der Waals surface area (Å²) in [5.74, 6) is -2.36. The fraction of sp³-hybridized carbons (Fsp3) is 0.355. The summed E-state index contributed by atoms with van der Waals surface area (Å²) in [4.78, 5) is 28.2. The number of benzene rings is 3. The molecule has 3 aromatic carbocycles. The molecule has 1 aliphatic carbocycles. The van der Waals surface area contributed by atoms with Crippen LogP contribution in [0.3, 0.4) is 0 Å². The molecule has 0 radical (unpaired) electrons. The van der Waals surface area contributed by atoms with Crippen LogP contribution >= 0.6 is 7.60 Å². The van der Waals surface area contributed by atoms with Crippen LogP contribution in [0.25, 0.3) is 11.1 Å². The Labute approximate surface area is 229 Å². The number of carboxylic acid groups (broad SMARTS) is 1. The highest BCUT2D eigenvalue weighted by Gasteiger charge is 2.45. The Morgan fingerprint density at radius 2 is 1.59 bits per heavy atom.